The van der Waals surface area contributed by atoms with Crippen LogP contribution >= 0.6 is 11.8 Å². The molecule has 0 radical (unpaired) electrons. The van der Waals surface area contributed by atoms with Gasteiger partial charge in [0.25, 0.3) is 0 Å². The van der Waals surface area contributed by atoms with Crippen LogP contribution in [0.1, 0.15) is 12.5 Å². The van der Waals surface area contributed by atoms with Crippen LogP contribution in [0.3, 0.4) is 0 Å². The number of hydrogen-bond acceptors (Lipinski definition) is 3. The quantitative estimate of drug-likeness (QED) is 0.805. The molecule has 1 aromatic carbocycles. The molecule has 0 spiro atoms. The Morgan fingerprint density at radius 1 is 1.41 bits per heavy atom. The largest absolute Gasteiger partial charge is 0.354 e. The molecule has 0 aromatic heterocycles. The van der Waals surface area contributed by atoms with Crippen molar-refractivity contribution in [2.24, 2.45) is 5.73 Å². The van der Waals surface area contributed by atoms with Crippen LogP contribution in [0.5, 0.6) is 0 Å². The lowest BCUT2D eigenvalue weighted by Gasteiger charge is -2.14. The van der Waals surface area contributed by atoms with Crippen LogP contribution in [0.4, 0.5) is 0 Å². The molecule has 0 aliphatic heterocycles. The third-order valence-electron chi connectivity index (χ3n) is 2.60. The summed E-state index contributed by atoms with van der Waals surface area (Å²) in [6.45, 7) is 2.75. The summed E-state index contributed by atoms with van der Waals surface area (Å²) in [4.78, 5) is 11.7. The summed E-state index contributed by atoms with van der Waals surface area (Å²) < 4.78 is 0. The zero-order valence-corrected chi connectivity index (χ0v) is 11.2. The molecule has 0 aliphatic carbocycles. The molecule has 0 saturated carbocycles. The van der Waals surface area contributed by atoms with Crippen molar-refractivity contribution in [2.45, 2.75) is 24.6 Å². The summed E-state index contributed by atoms with van der Waals surface area (Å²) >= 11 is 1.73. The lowest BCUT2D eigenvalue weighted by atomic mass is 10.1. The first-order valence-electron chi connectivity index (χ1n) is 5.73. The first-order chi connectivity index (χ1) is 8.13. The summed E-state index contributed by atoms with van der Waals surface area (Å²) in [6.07, 6.45) is 2.61. The second-order valence-corrected chi connectivity index (χ2v) is 5.36. The maximum atomic E-state index is 11.7. The maximum Gasteiger partial charge on any atom is 0.237 e. The molecule has 0 aliphatic rings. The second-order valence-electron chi connectivity index (χ2n) is 4.09. The Bertz CT molecular complexity index is 343. The number of rotatable bonds is 6. The van der Waals surface area contributed by atoms with Gasteiger partial charge in [-0.05, 0) is 18.2 Å². The van der Waals surface area contributed by atoms with E-state index < -0.39 is 6.04 Å². The van der Waals surface area contributed by atoms with E-state index >= 15 is 0 Å². The van der Waals surface area contributed by atoms with E-state index in [-0.39, 0.29) is 5.91 Å². The average molecular weight is 252 g/mol. The van der Waals surface area contributed by atoms with E-state index in [2.05, 4.69) is 12.2 Å². The molecule has 3 N–H and O–H groups in total. The molecule has 0 saturated heterocycles. The number of carbonyl (C=O) groups excluding carboxylic acids is 1. The number of benzene rings is 1. The first kappa shape index (κ1) is 14.1. The minimum atomic E-state index is -0.466. The molecule has 0 bridgehead atoms. The number of thioether (sulfide) groups is 1. The fourth-order valence-electron chi connectivity index (χ4n) is 1.42. The lowest BCUT2D eigenvalue weighted by molar-refractivity contribution is -0.122. The van der Waals surface area contributed by atoms with Crippen molar-refractivity contribution in [1.82, 2.24) is 5.32 Å². The molecule has 1 amide bonds. The predicted molar refractivity (Wildman–Crippen MR) is 74.1 cm³/mol. The van der Waals surface area contributed by atoms with Crippen LogP contribution in [0.25, 0.3) is 0 Å². The maximum absolute atomic E-state index is 11.7. The average Bonchev–Trinajstić information content (AvgIpc) is 2.36. The zero-order chi connectivity index (χ0) is 12.7. The van der Waals surface area contributed by atoms with Crippen LogP contribution in [0.15, 0.2) is 30.3 Å². The normalized spacial score (nSPS) is 14.1. The Balaban J connectivity index is 2.37. The molecule has 3 nitrogen and oxygen atoms in total. The van der Waals surface area contributed by atoms with Crippen LogP contribution in [0.2, 0.25) is 0 Å². The van der Waals surface area contributed by atoms with Crippen molar-refractivity contribution in [2.75, 3.05) is 12.8 Å². The van der Waals surface area contributed by atoms with Crippen molar-refractivity contribution in [3.05, 3.63) is 35.9 Å². The third kappa shape index (κ3) is 5.24. The fraction of sp³-hybridized carbons (Fsp3) is 0.462. The van der Waals surface area contributed by atoms with E-state index in [0.717, 1.165) is 5.56 Å². The van der Waals surface area contributed by atoms with Crippen LogP contribution in [0, 0.1) is 0 Å². The van der Waals surface area contributed by atoms with Gasteiger partial charge in [-0.1, -0.05) is 37.3 Å². The van der Waals surface area contributed by atoms with Gasteiger partial charge in [0.1, 0.15) is 0 Å². The van der Waals surface area contributed by atoms with Crippen LogP contribution < -0.4 is 11.1 Å². The highest BCUT2D eigenvalue weighted by molar-refractivity contribution is 7.99. The van der Waals surface area contributed by atoms with Crippen molar-refractivity contribution in [3.63, 3.8) is 0 Å². The molecule has 94 valence electrons. The van der Waals surface area contributed by atoms with Crippen molar-refractivity contribution in [3.8, 4) is 0 Å². The molecular weight excluding hydrogens is 232 g/mol. The number of nitrogens with one attached hydrogen (secondary N) is 1. The number of nitrogens with two attached hydrogens (primary N) is 1. The highest BCUT2D eigenvalue weighted by Gasteiger charge is 2.14. The Labute approximate surface area is 107 Å². The van der Waals surface area contributed by atoms with Gasteiger partial charge in [0.05, 0.1) is 6.04 Å². The monoisotopic (exact) mass is 252 g/mol. The first-order valence-corrected chi connectivity index (χ1v) is 7.02. The minimum Gasteiger partial charge on any atom is -0.354 e. The summed E-state index contributed by atoms with van der Waals surface area (Å²) in [7, 11) is 0. The topological polar surface area (TPSA) is 55.1 Å². The molecule has 2 atom stereocenters. The summed E-state index contributed by atoms with van der Waals surface area (Å²) in [5, 5.41) is 3.29. The number of carbonyl (C=O) groups is 1. The van der Waals surface area contributed by atoms with E-state index in [4.69, 9.17) is 5.73 Å². The molecular formula is C13H20N2OS. The van der Waals surface area contributed by atoms with E-state index in [0.29, 0.717) is 18.2 Å². The Hall–Kier alpha value is -1.00. The van der Waals surface area contributed by atoms with Gasteiger partial charge in [0, 0.05) is 11.8 Å². The van der Waals surface area contributed by atoms with Gasteiger partial charge in [0.2, 0.25) is 5.91 Å². The highest BCUT2D eigenvalue weighted by Crippen LogP contribution is 2.04. The van der Waals surface area contributed by atoms with Gasteiger partial charge in [-0.15, -0.1) is 0 Å². The van der Waals surface area contributed by atoms with E-state index in [1.54, 1.807) is 11.8 Å². The van der Waals surface area contributed by atoms with Gasteiger partial charge >= 0.3 is 0 Å². The fourth-order valence-corrected chi connectivity index (χ4v) is 1.67. The molecule has 1 aromatic rings. The van der Waals surface area contributed by atoms with Crippen LogP contribution in [-0.4, -0.2) is 30.0 Å². The number of hydrogen-bond donors (Lipinski definition) is 2. The predicted octanol–water partition coefficient (Wildman–Crippen LogP) is 1.42. The molecule has 1 rings (SSSR count). The number of amides is 1. The van der Waals surface area contributed by atoms with Gasteiger partial charge < -0.3 is 11.1 Å². The van der Waals surface area contributed by atoms with E-state index in [9.17, 15) is 4.79 Å². The Morgan fingerprint density at radius 3 is 2.65 bits per heavy atom. The SMILES string of the molecule is CSC(C)CNC(=O)[C@H](N)Cc1ccccc1. The molecule has 0 fully saturated rings. The van der Waals surface area contributed by atoms with E-state index in [1.807, 2.05) is 36.6 Å². The zero-order valence-electron chi connectivity index (χ0n) is 10.3. The highest BCUT2D eigenvalue weighted by atomic mass is 32.2. The smallest absolute Gasteiger partial charge is 0.237 e. The van der Waals surface area contributed by atoms with Gasteiger partial charge in [-0.25, -0.2) is 0 Å². The second kappa shape index (κ2) is 7.35. The third-order valence-corrected chi connectivity index (χ3v) is 3.57. The lowest BCUT2D eigenvalue weighted by Crippen LogP contribution is -2.43. The molecule has 1 unspecified atom stereocenters. The van der Waals surface area contributed by atoms with Crippen molar-refractivity contribution < 1.29 is 4.79 Å². The van der Waals surface area contributed by atoms with E-state index in [1.165, 1.54) is 0 Å². The summed E-state index contributed by atoms with van der Waals surface area (Å²) in [5.74, 6) is -0.0743. The summed E-state index contributed by atoms with van der Waals surface area (Å²) in [6, 6.07) is 9.36. The van der Waals surface area contributed by atoms with Crippen LogP contribution in [-0.2, 0) is 11.2 Å². The van der Waals surface area contributed by atoms with Crippen molar-refractivity contribution in [1.29, 1.82) is 0 Å². The van der Waals surface area contributed by atoms with Gasteiger partial charge in [-0.2, -0.15) is 11.8 Å². The van der Waals surface area contributed by atoms with Crippen molar-refractivity contribution >= 4 is 17.7 Å². The Morgan fingerprint density at radius 2 is 2.06 bits per heavy atom. The Kier molecular flexibility index (Phi) is 6.08. The molecule has 0 heterocycles. The van der Waals surface area contributed by atoms with Gasteiger partial charge in [-0.3, -0.25) is 4.79 Å². The molecule has 17 heavy (non-hydrogen) atoms. The molecule has 4 heteroatoms. The minimum absolute atomic E-state index is 0.0743. The standard InChI is InChI=1S/C13H20N2OS/c1-10(17-2)9-15-13(16)12(14)8-11-6-4-3-5-7-11/h3-7,10,12H,8-9,14H2,1-2H3,(H,15,16)/t10?,12-/m1/s1. The van der Waals surface area contributed by atoms with Gasteiger partial charge in [0.15, 0.2) is 0 Å². The summed E-state index contributed by atoms with van der Waals surface area (Å²) in [5.41, 5.74) is 6.95.